The molecule has 0 saturated carbocycles. The number of ether oxygens (including phenoxy) is 1. The van der Waals surface area contributed by atoms with E-state index in [-0.39, 0.29) is 18.1 Å². The van der Waals surface area contributed by atoms with Gasteiger partial charge < -0.3 is 10.1 Å². The third-order valence-electron chi connectivity index (χ3n) is 3.33. The Bertz CT molecular complexity index is 504. The number of nitrogens with one attached hydrogen (secondary N) is 2. The molecule has 5 nitrogen and oxygen atoms in total. The molecule has 1 atom stereocenters. The molecule has 1 aromatic carbocycles. The van der Waals surface area contributed by atoms with Crippen LogP contribution in [-0.2, 0) is 10.2 Å². The van der Waals surface area contributed by atoms with E-state index in [4.69, 9.17) is 4.74 Å². The number of carbonyl (C=O) groups excluding carboxylic acids is 2. The maximum atomic E-state index is 11.6. The first-order chi connectivity index (χ1) is 10.2. The zero-order chi connectivity index (χ0) is 16.8. The lowest BCUT2D eigenvalue weighted by molar-refractivity contribution is -0.122. The van der Waals surface area contributed by atoms with Crippen LogP contribution >= 0.6 is 0 Å². The van der Waals surface area contributed by atoms with Crippen molar-refractivity contribution in [1.82, 2.24) is 10.6 Å². The fraction of sp³-hybridized carbons (Fsp3) is 0.529. The SMILES string of the molecule is CC[C@H](C)NC(=O)NC(=O)COc1ccc(C(C)(C)C)cc1. The van der Waals surface area contributed by atoms with Crippen LogP contribution < -0.4 is 15.4 Å². The van der Waals surface area contributed by atoms with Crippen molar-refractivity contribution >= 4 is 11.9 Å². The van der Waals surface area contributed by atoms with Gasteiger partial charge >= 0.3 is 6.03 Å². The molecule has 0 unspecified atom stereocenters. The van der Waals surface area contributed by atoms with E-state index in [0.29, 0.717) is 5.75 Å². The zero-order valence-corrected chi connectivity index (χ0v) is 14.0. The van der Waals surface area contributed by atoms with Gasteiger partial charge in [0.1, 0.15) is 5.75 Å². The summed E-state index contributed by atoms with van der Waals surface area (Å²) in [5.74, 6) is 0.131. The highest BCUT2D eigenvalue weighted by molar-refractivity contribution is 5.95. The lowest BCUT2D eigenvalue weighted by Gasteiger charge is -2.19. The van der Waals surface area contributed by atoms with Gasteiger partial charge in [0.25, 0.3) is 5.91 Å². The number of imide groups is 1. The molecule has 1 rings (SSSR count). The second-order valence-corrected chi connectivity index (χ2v) is 6.39. The van der Waals surface area contributed by atoms with Gasteiger partial charge in [0.2, 0.25) is 0 Å². The number of hydrogen-bond acceptors (Lipinski definition) is 3. The summed E-state index contributed by atoms with van der Waals surface area (Å²) in [5.41, 5.74) is 1.27. The van der Waals surface area contributed by atoms with Gasteiger partial charge in [0.15, 0.2) is 6.61 Å². The van der Waals surface area contributed by atoms with Crippen molar-refractivity contribution in [3.05, 3.63) is 29.8 Å². The summed E-state index contributed by atoms with van der Waals surface area (Å²) in [5, 5.41) is 4.89. The van der Waals surface area contributed by atoms with Gasteiger partial charge in [-0.05, 0) is 36.5 Å². The van der Waals surface area contributed by atoms with Gasteiger partial charge in [-0.2, -0.15) is 0 Å². The Balaban J connectivity index is 2.43. The zero-order valence-electron chi connectivity index (χ0n) is 14.0. The lowest BCUT2D eigenvalue weighted by Crippen LogP contribution is -2.44. The van der Waals surface area contributed by atoms with Crippen LogP contribution in [0.4, 0.5) is 4.79 Å². The molecule has 0 saturated heterocycles. The van der Waals surface area contributed by atoms with E-state index in [1.54, 1.807) is 0 Å². The molecular formula is C17H26N2O3. The fourth-order valence-electron chi connectivity index (χ4n) is 1.72. The molecule has 0 heterocycles. The highest BCUT2D eigenvalue weighted by Crippen LogP contribution is 2.24. The van der Waals surface area contributed by atoms with E-state index in [9.17, 15) is 9.59 Å². The van der Waals surface area contributed by atoms with E-state index in [1.807, 2.05) is 38.1 Å². The summed E-state index contributed by atoms with van der Waals surface area (Å²) in [7, 11) is 0. The minimum atomic E-state index is -0.494. The summed E-state index contributed by atoms with van der Waals surface area (Å²) >= 11 is 0. The van der Waals surface area contributed by atoms with E-state index < -0.39 is 11.9 Å². The molecule has 0 aromatic heterocycles. The molecule has 0 radical (unpaired) electrons. The Morgan fingerprint density at radius 1 is 1.18 bits per heavy atom. The molecule has 0 aliphatic rings. The normalized spacial score (nSPS) is 12.4. The number of benzene rings is 1. The van der Waals surface area contributed by atoms with Crippen molar-refractivity contribution in [3.63, 3.8) is 0 Å². The minimum absolute atomic E-state index is 0.0265. The summed E-state index contributed by atoms with van der Waals surface area (Å²) in [4.78, 5) is 23.1. The van der Waals surface area contributed by atoms with Crippen molar-refractivity contribution in [1.29, 1.82) is 0 Å². The molecule has 122 valence electrons. The lowest BCUT2D eigenvalue weighted by atomic mass is 9.87. The quantitative estimate of drug-likeness (QED) is 0.879. The van der Waals surface area contributed by atoms with Crippen LogP contribution in [0.1, 0.15) is 46.6 Å². The molecule has 3 amide bonds. The number of rotatable bonds is 5. The van der Waals surface area contributed by atoms with Crippen LogP contribution in [0.25, 0.3) is 0 Å². The number of hydrogen-bond donors (Lipinski definition) is 2. The highest BCUT2D eigenvalue weighted by Gasteiger charge is 2.14. The van der Waals surface area contributed by atoms with Gasteiger partial charge in [-0.25, -0.2) is 4.79 Å². The molecule has 5 heteroatoms. The van der Waals surface area contributed by atoms with Crippen LogP contribution in [-0.4, -0.2) is 24.6 Å². The Morgan fingerprint density at radius 3 is 2.27 bits per heavy atom. The maximum Gasteiger partial charge on any atom is 0.321 e. The molecule has 1 aromatic rings. The van der Waals surface area contributed by atoms with Gasteiger partial charge in [0.05, 0.1) is 0 Å². The molecule has 0 aliphatic heterocycles. The van der Waals surface area contributed by atoms with E-state index in [1.165, 1.54) is 5.56 Å². The van der Waals surface area contributed by atoms with Crippen LogP contribution in [0.3, 0.4) is 0 Å². The number of urea groups is 1. The maximum absolute atomic E-state index is 11.6. The molecular weight excluding hydrogens is 280 g/mol. The number of carbonyl (C=O) groups is 2. The predicted octanol–water partition coefficient (Wildman–Crippen LogP) is 2.99. The first-order valence-electron chi connectivity index (χ1n) is 7.56. The molecule has 0 fully saturated rings. The topological polar surface area (TPSA) is 67.4 Å². The van der Waals surface area contributed by atoms with Crippen LogP contribution in [0, 0.1) is 0 Å². The van der Waals surface area contributed by atoms with Crippen LogP contribution in [0.2, 0.25) is 0 Å². The van der Waals surface area contributed by atoms with Crippen LogP contribution in [0.15, 0.2) is 24.3 Å². The Kier molecular flexibility index (Phi) is 6.40. The fourth-order valence-corrected chi connectivity index (χ4v) is 1.72. The monoisotopic (exact) mass is 306 g/mol. The van der Waals surface area contributed by atoms with Crippen molar-refractivity contribution in [3.8, 4) is 5.75 Å². The van der Waals surface area contributed by atoms with Gasteiger partial charge in [-0.1, -0.05) is 39.8 Å². The first kappa shape index (κ1) is 18.0. The van der Waals surface area contributed by atoms with Gasteiger partial charge in [0, 0.05) is 6.04 Å². The molecule has 0 bridgehead atoms. The summed E-state index contributed by atoms with van der Waals surface area (Å²) in [6.07, 6.45) is 0.804. The third-order valence-corrected chi connectivity index (χ3v) is 3.33. The Morgan fingerprint density at radius 2 is 1.77 bits per heavy atom. The highest BCUT2D eigenvalue weighted by atomic mass is 16.5. The standard InChI is InChI=1S/C17H26N2O3/c1-6-12(2)18-16(21)19-15(20)11-22-14-9-7-13(8-10-14)17(3,4)5/h7-10,12H,6,11H2,1-5H3,(H2,18,19,20,21)/t12-/m0/s1. The minimum Gasteiger partial charge on any atom is -0.484 e. The second kappa shape index (κ2) is 7.82. The van der Waals surface area contributed by atoms with Gasteiger partial charge in [-0.15, -0.1) is 0 Å². The predicted molar refractivity (Wildman–Crippen MR) is 87.1 cm³/mol. The molecule has 0 spiro atoms. The second-order valence-electron chi connectivity index (χ2n) is 6.39. The van der Waals surface area contributed by atoms with E-state index in [0.717, 1.165) is 6.42 Å². The van der Waals surface area contributed by atoms with Crippen molar-refractivity contribution in [2.45, 2.75) is 52.5 Å². The molecule has 2 N–H and O–H groups in total. The van der Waals surface area contributed by atoms with E-state index in [2.05, 4.69) is 31.4 Å². The Labute approximate surface area is 132 Å². The van der Waals surface area contributed by atoms with Crippen molar-refractivity contribution in [2.24, 2.45) is 0 Å². The summed E-state index contributed by atoms with van der Waals surface area (Å²) in [6.45, 7) is 10.0. The largest absolute Gasteiger partial charge is 0.484 e. The van der Waals surface area contributed by atoms with Crippen molar-refractivity contribution < 1.29 is 14.3 Å². The third kappa shape index (κ3) is 6.16. The Hall–Kier alpha value is -2.04. The van der Waals surface area contributed by atoms with E-state index >= 15 is 0 Å². The average Bonchev–Trinajstić information content (AvgIpc) is 2.44. The first-order valence-corrected chi connectivity index (χ1v) is 7.56. The molecule has 22 heavy (non-hydrogen) atoms. The van der Waals surface area contributed by atoms with Gasteiger partial charge in [-0.3, -0.25) is 10.1 Å². The number of amides is 3. The summed E-state index contributed by atoms with van der Waals surface area (Å²) < 4.78 is 5.38. The smallest absolute Gasteiger partial charge is 0.321 e. The van der Waals surface area contributed by atoms with Crippen molar-refractivity contribution in [2.75, 3.05) is 6.61 Å². The van der Waals surface area contributed by atoms with Crippen LogP contribution in [0.5, 0.6) is 5.75 Å². The molecule has 0 aliphatic carbocycles. The average molecular weight is 306 g/mol. The summed E-state index contributed by atoms with van der Waals surface area (Å²) in [6, 6.07) is 7.14.